The molecule has 0 heterocycles. The lowest BCUT2D eigenvalue weighted by Gasteiger charge is -2.02. The van der Waals surface area contributed by atoms with E-state index in [0.717, 1.165) is 19.3 Å². The number of carbonyl (C=O) groups excluding carboxylic acids is 1. The Balaban J connectivity index is 3.01. The maximum atomic E-state index is 11.0. The van der Waals surface area contributed by atoms with Crippen molar-refractivity contribution in [3.8, 4) is 0 Å². The fourth-order valence-corrected chi connectivity index (χ4v) is 1.56. The highest BCUT2D eigenvalue weighted by Crippen LogP contribution is 2.09. The van der Waals surface area contributed by atoms with Gasteiger partial charge in [-0.2, -0.15) is 0 Å². The molecule has 2 nitrogen and oxygen atoms in total. The van der Waals surface area contributed by atoms with Gasteiger partial charge in [0.15, 0.2) is 0 Å². The van der Waals surface area contributed by atoms with Crippen molar-refractivity contribution >= 4 is 5.97 Å². The molecule has 15 heavy (non-hydrogen) atoms. The molecule has 0 aromatic rings. The summed E-state index contributed by atoms with van der Waals surface area (Å²) in [6, 6.07) is 0. The summed E-state index contributed by atoms with van der Waals surface area (Å²) in [5.41, 5.74) is 0. The van der Waals surface area contributed by atoms with E-state index in [1.165, 1.54) is 32.1 Å². The first-order chi connectivity index (χ1) is 7.31. The van der Waals surface area contributed by atoms with Gasteiger partial charge in [0.2, 0.25) is 0 Å². The van der Waals surface area contributed by atoms with E-state index in [1.807, 2.05) is 6.92 Å². The third-order valence-corrected chi connectivity index (χ3v) is 2.44. The molecule has 0 aromatic heterocycles. The second kappa shape index (κ2) is 11.5. The van der Waals surface area contributed by atoms with Crippen LogP contribution in [-0.4, -0.2) is 12.6 Å². The zero-order valence-corrected chi connectivity index (χ0v) is 10.1. The lowest BCUT2D eigenvalue weighted by Crippen LogP contribution is -2.03. The van der Waals surface area contributed by atoms with E-state index in [1.54, 1.807) is 0 Å². The normalized spacial score (nSPS) is 10.3. The molecule has 0 spiro atoms. The number of hydrogen-bond donors (Lipinski definition) is 0. The Morgan fingerprint density at radius 1 is 1.00 bits per heavy atom. The molecule has 0 N–H and O–H groups in total. The first kappa shape index (κ1) is 14.5. The first-order valence-electron chi connectivity index (χ1n) is 6.26. The number of unbranched alkanes of at least 4 members (excludes halogenated alkanes) is 7. The van der Waals surface area contributed by atoms with Crippen LogP contribution in [0.3, 0.4) is 0 Å². The maximum absolute atomic E-state index is 11.0. The van der Waals surface area contributed by atoms with Crippen LogP contribution in [0.1, 0.15) is 64.7 Å². The minimum Gasteiger partial charge on any atom is -0.466 e. The van der Waals surface area contributed by atoms with Crippen molar-refractivity contribution in [3.63, 3.8) is 0 Å². The van der Waals surface area contributed by atoms with Gasteiger partial charge < -0.3 is 4.74 Å². The third-order valence-electron chi connectivity index (χ3n) is 2.44. The summed E-state index contributed by atoms with van der Waals surface area (Å²) in [6.45, 7) is 6.17. The summed E-state index contributed by atoms with van der Waals surface area (Å²) in [5.74, 6) is -0.0467. The van der Waals surface area contributed by atoms with E-state index in [4.69, 9.17) is 4.74 Å². The molecule has 0 aliphatic heterocycles. The van der Waals surface area contributed by atoms with Gasteiger partial charge in [-0.05, 0) is 13.3 Å². The van der Waals surface area contributed by atoms with E-state index in [0.29, 0.717) is 13.0 Å². The van der Waals surface area contributed by atoms with Gasteiger partial charge in [0.05, 0.1) is 6.61 Å². The SMILES string of the molecule is [CH2]CCCCCCCCCC(=O)OCC. The smallest absolute Gasteiger partial charge is 0.305 e. The van der Waals surface area contributed by atoms with Gasteiger partial charge in [0.25, 0.3) is 0 Å². The lowest BCUT2D eigenvalue weighted by molar-refractivity contribution is -0.143. The summed E-state index contributed by atoms with van der Waals surface area (Å²) < 4.78 is 4.86. The zero-order chi connectivity index (χ0) is 11.4. The van der Waals surface area contributed by atoms with Crippen molar-refractivity contribution < 1.29 is 9.53 Å². The van der Waals surface area contributed by atoms with Gasteiger partial charge in [-0.15, -0.1) is 0 Å². The Kier molecular flexibility index (Phi) is 11.1. The van der Waals surface area contributed by atoms with Crippen molar-refractivity contribution in [2.75, 3.05) is 6.61 Å². The molecule has 0 aliphatic rings. The zero-order valence-electron chi connectivity index (χ0n) is 10.1. The molecule has 2 heteroatoms. The highest BCUT2D eigenvalue weighted by atomic mass is 16.5. The standard InChI is InChI=1S/C13H25O2/c1-3-5-6-7-8-9-10-11-12-13(14)15-4-2/h1,3-12H2,2H3. The van der Waals surface area contributed by atoms with E-state index in [-0.39, 0.29) is 5.97 Å². The largest absolute Gasteiger partial charge is 0.466 e. The van der Waals surface area contributed by atoms with E-state index in [2.05, 4.69) is 6.92 Å². The fourth-order valence-electron chi connectivity index (χ4n) is 1.56. The van der Waals surface area contributed by atoms with Crippen molar-refractivity contribution in [3.05, 3.63) is 6.92 Å². The van der Waals surface area contributed by atoms with Crippen LogP contribution in [0.2, 0.25) is 0 Å². The van der Waals surface area contributed by atoms with Crippen LogP contribution in [0.5, 0.6) is 0 Å². The second-order valence-corrected chi connectivity index (χ2v) is 3.88. The predicted octanol–water partition coefficient (Wildman–Crippen LogP) is 3.89. The van der Waals surface area contributed by atoms with Crippen LogP contribution in [-0.2, 0) is 9.53 Å². The number of carbonyl (C=O) groups is 1. The Morgan fingerprint density at radius 2 is 1.53 bits per heavy atom. The Morgan fingerprint density at radius 3 is 2.07 bits per heavy atom. The topological polar surface area (TPSA) is 26.3 Å². The van der Waals surface area contributed by atoms with Crippen LogP contribution in [0, 0.1) is 6.92 Å². The first-order valence-corrected chi connectivity index (χ1v) is 6.26. The molecule has 0 fully saturated rings. The highest BCUT2D eigenvalue weighted by molar-refractivity contribution is 5.69. The third kappa shape index (κ3) is 11.4. The molecule has 0 atom stereocenters. The Bertz CT molecular complexity index is 143. The summed E-state index contributed by atoms with van der Waals surface area (Å²) >= 11 is 0. The second-order valence-electron chi connectivity index (χ2n) is 3.88. The molecule has 0 saturated heterocycles. The predicted molar refractivity (Wildman–Crippen MR) is 63.5 cm³/mol. The van der Waals surface area contributed by atoms with Crippen molar-refractivity contribution in [1.82, 2.24) is 0 Å². The average molecular weight is 213 g/mol. The van der Waals surface area contributed by atoms with Crippen LogP contribution in [0.15, 0.2) is 0 Å². The summed E-state index contributed by atoms with van der Waals surface area (Å²) in [4.78, 5) is 11.0. The van der Waals surface area contributed by atoms with E-state index < -0.39 is 0 Å². The molecule has 0 saturated carbocycles. The molecule has 0 aromatic carbocycles. The van der Waals surface area contributed by atoms with Gasteiger partial charge in [-0.25, -0.2) is 0 Å². The van der Waals surface area contributed by atoms with Crippen LogP contribution >= 0.6 is 0 Å². The number of ether oxygens (including phenoxy) is 1. The van der Waals surface area contributed by atoms with Crippen LogP contribution in [0.25, 0.3) is 0 Å². The van der Waals surface area contributed by atoms with E-state index in [9.17, 15) is 4.79 Å². The molecule has 0 unspecified atom stereocenters. The monoisotopic (exact) mass is 213 g/mol. The van der Waals surface area contributed by atoms with Crippen molar-refractivity contribution in [1.29, 1.82) is 0 Å². The molecule has 0 amide bonds. The Labute approximate surface area is 94.4 Å². The van der Waals surface area contributed by atoms with E-state index >= 15 is 0 Å². The lowest BCUT2D eigenvalue weighted by atomic mass is 10.1. The minimum atomic E-state index is -0.0467. The van der Waals surface area contributed by atoms with Gasteiger partial charge >= 0.3 is 5.97 Å². The molecular formula is C13H25O2. The maximum Gasteiger partial charge on any atom is 0.305 e. The van der Waals surface area contributed by atoms with Gasteiger partial charge in [0.1, 0.15) is 0 Å². The summed E-state index contributed by atoms with van der Waals surface area (Å²) in [7, 11) is 0. The molecule has 0 bridgehead atoms. The number of esters is 1. The number of rotatable bonds is 10. The average Bonchev–Trinajstić information content (AvgIpc) is 2.22. The summed E-state index contributed by atoms with van der Waals surface area (Å²) in [6.07, 6.45) is 10.2. The van der Waals surface area contributed by atoms with Gasteiger partial charge in [-0.1, -0.05) is 51.9 Å². The molecule has 89 valence electrons. The van der Waals surface area contributed by atoms with Crippen LogP contribution in [0.4, 0.5) is 0 Å². The van der Waals surface area contributed by atoms with Crippen molar-refractivity contribution in [2.45, 2.75) is 64.7 Å². The summed E-state index contributed by atoms with van der Waals surface area (Å²) in [5, 5.41) is 0. The number of hydrogen-bond acceptors (Lipinski definition) is 2. The van der Waals surface area contributed by atoms with Crippen molar-refractivity contribution in [2.24, 2.45) is 0 Å². The van der Waals surface area contributed by atoms with Crippen LogP contribution < -0.4 is 0 Å². The molecule has 1 radical (unpaired) electrons. The quantitative estimate of drug-likeness (QED) is 0.406. The minimum absolute atomic E-state index is 0.0467. The van der Waals surface area contributed by atoms with Gasteiger partial charge in [-0.3, -0.25) is 4.79 Å². The highest BCUT2D eigenvalue weighted by Gasteiger charge is 2.00. The molecule has 0 rings (SSSR count). The Hall–Kier alpha value is -0.530. The molecule has 0 aliphatic carbocycles. The fraction of sp³-hybridized carbons (Fsp3) is 0.846. The molecular weight excluding hydrogens is 188 g/mol. The van der Waals surface area contributed by atoms with Gasteiger partial charge in [0, 0.05) is 6.42 Å².